The van der Waals surface area contributed by atoms with Gasteiger partial charge in [0.2, 0.25) is 0 Å². The fourth-order valence-electron chi connectivity index (χ4n) is 1.85. The second-order valence-corrected chi connectivity index (χ2v) is 5.35. The molecule has 0 saturated carbocycles. The molecule has 0 spiro atoms. The Morgan fingerprint density at radius 2 is 1.96 bits per heavy atom. The molecule has 0 radical (unpaired) electrons. The average molecular weight is 333 g/mol. The Labute approximate surface area is 139 Å². The predicted octanol–water partition coefficient (Wildman–Crippen LogP) is 4.30. The van der Waals surface area contributed by atoms with E-state index in [4.69, 9.17) is 22.1 Å². The van der Waals surface area contributed by atoms with Crippen LogP contribution < -0.4 is 10.5 Å². The van der Waals surface area contributed by atoms with Gasteiger partial charge in [0.25, 0.3) is 0 Å². The molecule has 23 heavy (non-hydrogen) atoms. The summed E-state index contributed by atoms with van der Waals surface area (Å²) in [6.45, 7) is 1.65. The number of primary amides is 1. The van der Waals surface area contributed by atoms with E-state index in [0.29, 0.717) is 21.6 Å². The van der Waals surface area contributed by atoms with E-state index in [9.17, 15) is 10.0 Å². The Balaban J connectivity index is 2.07. The fourth-order valence-corrected chi connectivity index (χ4v) is 1.98. The number of hydrogen-bond acceptors (Lipinski definition) is 3. The molecule has 1 unspecified atom stereocenters. The molecule has 0 saturated heterocycles. The van der Waals surface area contributed by atoms with Gasteiger partial charge in [0.15, 0.2) is 0 Å². The molecule has 2 rings (SSSR count). The minimum atomic E-state index is -0.901. The number of urea groups is 1. The van der Waals surface area contributed by atoms with Gasteiger partial charge in [-0.25, -0.2) is 4.79 Å². The summed E-state index contributed by atoms with van der Waals surface area (Å²) in [4.78, 5) is 10.9. The molecular formula is C17H17ClN2O3. The van der Waals surface area contributed by atoms with Crippen LogP contribution in [-0.4, -0.2) is 22.3 Å². The van der Waals surface area contributed by atoms with Gasteiger partial charge in [-0.05, 0) is 48.9 Å². The maximum Gasteiger partial charge on any atom is 0.339 e. The van der Waals surface area contributed by atoms with Crippen molar-refractivity contribution in [2.24, 2.45) is 5.73 Å². The number of benzene rings is 2. The monoisotopic (exact) mass is 332 g/mol. The van der Waals surface area contributed by atoms with Crippen molar-refractivity contribution in [3.05, 3.63) is 65.2 Å². The molecule has 6 heteroatoms. The highest BCUT2D eigenvalue weighted by Crippen LogP contribution is 2.24. The summed E-state index contributed by atoms with van der Waals surface area (Å²) in [5.41, 5.74) is 5.86. The van der Waals surface area contributed by atoms with Crippen LogP contribution in [0.3, 0.4) is 0 Å². The zero-order chi connectivity index (χ0) is 16.8. The summed E-state index contributed by atoms with van der Waals surface area (Å²) in [6.07, 6.45) is 3.43. The first-order valence-electron chi connectivity index (χ1n) is 6.95. The maximum atomic E-state index is 10.9. The van der Waals surface area contributed by atoms with E-state index in [0.717, 1.165) is 5.56 Å². The number of carbonyl (C=O) groups is 1. The molecule has 2 aromatic carbocycles. The number of halogens is 1. The highest BCUT2D eigenvalue weighted by molar-refractivity contribution is 6.30. The number of nitrogens with two attached hydrogens (primary N) is 1. The van der Waals surface area contributed by atoms with E-state index < -0.39 is 12.1 Å². The Kier molecular flexibility index (Phi) is 5.62. The Morgan fingerprint density at radius 3 is 2.61 bits per heavy atom. The van der Waals surface area contributed by atoms with Crippen molar-refractivity contribution in [2.45, 2.75) is 13.0 Å². The number of hydroxylamine groups is 2. The number of hydrogen-bond donors (Lipinski definition) is 2. The maximum absolute atomic E-state index is 10.9. The van der Waals surface area contributed by atoms with E-state index in [1.165, 1.54) is 0 Å². The van der Waals surface area contributed by atoms with E-state index in [1.54, 1.807) is 43.3 Å². The molecule has 0 aliphatic rings. The van der Waals surface area contributed by atoms with Gasteiger partial charge < -0.3 is 10.5 Å². The third kappa shape index (κ3) is 5.02. The normalized spacial score (nSPS) is 12.1. The second-order valence-electron chi connectivity index (χ2n) is 4.91. The van der Waals surface area contributed by atoms with Crippen LogP contribution in [-0.2, 0) is 0 Å². The minimum Gasteiger partial charge on any atom is -0.457 e. The lowest BCUT2D eigenvalue weighted by molar-refractivity contribution is -0.0560. The van der Waals surface area contributed by atoms with Gasteiger partial charge in [0.1, 0.15) is 11.5 Å². The van der Waals surface area contributed by atoms with Crippen LogP contribution in [0, 0.1) is 0 Å². The van der Waals surface area contributed by atoms with Crippen LogP contribution in [0.2, 0.25) is 5.02 Å². The average Bonchev–Trinajstić information content (AvgIpc) is 2.54. The molecule has 1 atom stereocenters. The first kappa shape index (κ1) is 16.9. The lowest BCUT2D eigenvalue weighted by atomic mass is 10.1. The Hall–Kier alpha value is -2.50. The lowest BCUT2D eigenvalue weighted by Gasteiger charge is -2.16. The third-order valence-corrected chi connectivity index (χ3v) is 3.34. The summed E-state index contributed by atoms with van der Waals surface area (Å²) in [6, 6.07) is 13.0. The standard InChI is InChI=1S/C17H17ClN2O3/c1-12(20(22)17(19)21)5-6-13-3-2-4-16(11-13)23-15-9-7-14(18)8-10-15/h2-12,22H,1H3,(H2,19,21)/b6-5+. The first-order valence-corrected chi connectivity index (χ1v) is 7.33. The Bertz CT molecular complexity index is 701. The first-order chi connectivity index (χ1) is 11.0. The number of carbonyl (C=O) groups excluding carboxylic acids is 1. The summed E-state index contributed by atoms with van der Waals surface area (Å²) in [7, 11) is 0. The van der Waals surface area contributed by atoms with E-state index in [2.05, 4.69) is 0 Å². The molecule has 0 aliphatic carbocycles. The van der Waals surface area contributed by atoms with Crippen molar-refractivity contribution in [1.29, 1.82) is 0 Å². The molecule has 2 amide bonds. The van der Waals surface area contributed by atoms with E-state index in [1.807, 2.05) is 24.3 Å². The second kappa shape index (κ2) is 7.67. The molecule has 0 aliphatic heterocycles. The van der Waals surface area contributed by atoms with Crippen LogP contribution in [0.25, 0.3) is 6.08 Å². The van der Waals surface area contributed by atoms with Crippen molar-refractivity contribution in [1.82, 2.24) is 5.06 Å². The zero-order valence-corrected chi connectivity index (χ0v) is 13.3. The summed E-state index contributed by atoms with van der Waals surface area (Å²) < 4.78 is 5.74. The largest absolute Gasteiger partial charge is 0.457 e. The van der Waals surface area contributed by atoms with Crippen molar-refractivity contribution in [3.63, 3.8) is 0 Å². The van der Waals surface area contributed by atoms with Crippen molar-refractivity contribution in [3.8, 4) is 11.5 Å². The fraction of sp³-hybridized carbons (Fsp3) is 0.118. The van der Waals surface area contributed by atoms with Gasteiger partial charge in [-0.15, -0.1) is 0 Å². The van der Waals surface area contributed by atoms with Crippen molar-refractivity contribution >= 4 is 23.7 Å². The lowest BCUT2D eigenvalue weighted by Crippen LogP contribution is -2.38. The van der Waals surface area contributed by atoms with Crippen molar-refractivity contribution < 1.29 is 14.7 Å². The molecule has 3 N–H and O–H groups in total. The molecule has 120 valence electrons. The molecule has 0 aromatic heterocycles. The smallest absolute Gasteiger partial charge is 0.339 e. The van der Waals surface area contributed by atoms with Gasteiger partial charge in [-0.3, -0.25) is 5.21 Å². The summed E-state index contributed by atoms with van der Waals surface area (Å²) in [5, 5.41) is 10.5. The third-order valence-electron chi connectivity index (χ3n) is 3.09. The highest BCUT2D eigenvalue weighted by atomic mass is 35.5. The summed E-state index contributed by atoms with van der Waals surface area (Å²) >= 11 is 5.84. The quantitative estimate of drug-likeness (QED) is 0.633. The highest BCUT2D eigenvalue weighted by Gasteiger charge is 2.11. The van der Waals surface area contributed by atoms with E-state index >= 15 is 0 Å². The SMILES string of the molecule is CC(/C=C/c1cccc(Oc2ccc(Cl)cc2)c1)N(O)C(N)=O. The Morgan fingerprint density at radius 1 is 1.26 bits per heavy atom. The van der Waals surface area contributed by atoms with Crippen LogP contribution in [0.5, 0.6) is 11.5 Å². The number of nitrogens with zero attached hydrogens (tertiary/aromatic N) is 1. The zero-order valence-electron chi connectivity index (χ0n) is 12.5. The van der Waals surface area contributed by atoms with Crippen LogP contribution >= 0.6 is 11.6 Å². The number of amides is 2. The molecular weight excluding hydrogens is 316 g/mol. The number of ether oxygens (including phenoxy) is 1. The van der Waals surface area contributed by atoms with E-state index in [-0.39, 0.29) is 0 Å². The van der Waals surface area contributed by atoms with Crippen molar-refractivity contribution in [2.75, 3.05) is 0 Å². The molecule has 0 fully saturated rings. The number of rotatable bonds is 5. The molecule has 0 heterocycles. The molecule has 5 nitrogen and oxygen atoms in total. The van der Waals surface area contributed by atoms with Crippen LogP contribution in [0.1, 0.15) is 12.5 Å². The minimum absolute atomic E-state index is 0.463. The topological polar surface area (TPSA) is 75.8 Å². The van der Waals surface area contributed by atoms with Gasteiger partial charge in [-0.1, -0.05) is 35.9 Å². The molecule has 0 bridgehead atoms. The molecule has 2 aromatic rings. The predicted molar refractivity (Wildman–Crippen MR) is 89.7 cm³/mol. The van der Waals surface area contributed by atoms with Gasteiger partial charge >= 0.3 is 6.03 Å². The van der Waals surface area contributed by atoms with Gasteiger partial charge in [0.05, 0.1) is 6.04 Å². The van der Waals surface area contributed by atoms with Crippen LogP contribution in [0.4, 0.5) is 4.79 Å². The van der Waals surface area contributed by atoms with Gasteiger partial charge in [-0.2, -0.15) is 5.06 Å². The van der Waals surface area contributed by atoms with Crippen LogP contribution in [0.15, 0.2) is 54.6 Å². The van der Waals surface area contributed by atoms with Gasteiger partial charge in [0, 0.05) is 5.02 Å². The summed E-state index contributed by atoms with van der Waals surface area (Å²) in [5.74, 6) is 1.34.